The van der Waals surface area contributed by atoms with Crippen LogP contribution in [0.25, 0.3) is 11.1 Å². The number of nitrogens with zero attached hydrogens (tertiary/aromatic N) is 1. The fourth-order valence-corrected chi connectivity index (χ4v) is 1.73. The van der Waals surface area contributed by atoms with Gasteiger partial charge in [0.25, 0.3) is 0 Å². The van der Waals surface area contributed by atoms with Crippen molar-refractivity contribution in [3.05, 3.63) is 24.1 Å². The van der Waals surface area contributed by atoms with E-state index in [9.17, 15) is 4.79 Å². The molecule has 0 amide bonds. The smallest absolute Gasteiger partial charge is 0.307 e. The van der Waals surface area contributed by atoms with Crippen LogP contribution in [0.1, 0.15) is 25.7 Å². The lowest BCUT2D eigenvalue weighted by Crippen LogP contribution is -2.16. The van der Waals surface area contributed by atoms with E-state index in [4.69, 9.17) is 14.3 Å². The van der Waals surface area contributed by atoms with E-state index in [1.54, 1.807) is 39.2 Å². The first-order valence-electron chi connectivity index (χ1n) is 5.70. The molecule has 2 rings (SSSR count). The van der Waals surface area contributed by atoms with Gasteiger partial charge in [-0.3, -0.25) is 4.79 Å². The molecule has 0 fully saturated rings. The van der Waals surface area contributed by atoms with Gasteiger partial charge in [0, 0.05) is 5.92 Å². The predicted octanol–water partition coefficient (Wildman–Crippen LogP) is 2.66. The molecule has 0 radical (unpaired) electrons. The highest BCUT2D eigenvalue weighted by Crippen LogP contribution is 2.31. The maximum atomic E-state index is 11.0. The summed E-state index contributed by atoms with van der Waals surface area (Å²) < 4.78 is 10.8. The number of fused-ring (bicyclic) bond motifs is 1. The van der Waals surface area contributed by atoms with Gasteiger partial charge in [0.15, 0.2) is 17.0 Å². The molecule has 0 spiro atoms. The first kappa shape index (κ1) is 12.4. The summed E-state index contributed by atoms with van der Waals surface area (Å²) in [5, 5.41) is 9.00. The second-order valence-electron chi connectivity index (χ2n) is 4.27. The molecule has 2 unspecified atom stereocenters. The van der Waals surface area contributed by atoms with Crippen molar-refractivity contribution in [3.8, 4) is 5.75 Å². The fraction of sp³-hybridized carbons (Fsp3) is 0.385. The number of para-hydroxylation sites is 1. The Morgan fingerprint density at radius 3 is 2.78 bits per heavy atom. The van der Waals surface area contributed by atoms with Crippen molar-refractivity contribution in [2.45, 2.75) is 19.8 Å². The number of hydrogen-bond acceptors (Lipinski definition) is 4. The van der Waals surface area contributed by atoms with Gasteiger partial charge in [-0.25, -0.2) is 4.98 Å². The molecule has 0 aliphatic rings. The summed E-state index contributed by atoms with van der Waals surface area (Å²) in [6.45, 7) is 3.43. The van der Waals surface area contributed by atoms with Gasteiger partial charge in [-0.15, -0.1) is 0 Å². The molecule has 0 bridgehead atoms. The van der Waals surface area contributed by atoms with Gasteiger partial charge in [0.2, 0.25) is 0 Å². The molecule has 1 aromatic heterocycles. The van der Waals surface area contributed by atoms with Crippen molar-refractivity contribution < 1.29 is 19.1 Å². The zero-order chi connectivity index (χ0) is 13.3. The van der Waals surface area contributed by atoms with E-state index in [0.29, 0.717) is 22.7 Å². The molecule has 0 saturated carbocycles. The lowest BCUT2D eigenvalue weighted by atomic mass is 9.96. The molecule has 1 aromatic carbocycles. The highest BCUT2D eigenvalue weighted by molar-refractivity contribution is 5.80. The van der Waals surface area contributed by atoms with E-state index in [1.807, 2.05) is 0 Å². The van der Waals surface area contributed by atoms with Crippen LogP contribution >= 0.6 is 0 Å². The number of aromatic nitrogens is 1. The van der Waals surface area contributed by atoms with Crippen LogP contribution in [0, 0.1) is 5.92 Å². The lowest BCUT2D eigenvalue weighted by molar-refractivity contribution is -0.141. The minimum absolute atomic E-state index is 0.292. The van der Waals surface area contributed by atoms with Crippen molar-refractivity contribution in [1.82, 2.24) is 4.98 Å². The SMILES string of the molecule is COc1cccc2oc(C(C)C(C)C(=O)O)nc12. The van der Waals surface area contributed by atoms with E-state index in [2.05, 4.69) is 4.98 Å². The second kappa shape index (κ2) is 4.68. The van der Waals surface area contributed by atoms with Crippen molar-refractivity contribution >= 4 is 17.1 Å². The van der Waals surface area contributed by atoms with Crippen LogP contribution in [0.5, 0.6) is 5.75 Å². The van der Waals surface area contributed by atoms with Gasteiger partial charge >= 0.3 is 5.97 Å². The number of aliphatic carboxylic acids is 1. The van der Waals surface area contributed by atoms with Gasteiger partial charge in [-0.05, 0) is 12.1 Å². The van der Waals surface area contributed by atoms with Crippen molar-refractivity contribution in [3.63, 3.8) is 0 Å². The number of rotatable bonds is 4. The largest absolute Gasteiger partial charge is 0.494 e. The zero-order valence-electron chi connectivity index (χ0n) is 10.5. The number of hydrogen-bond donors (Lipinski definition) is 1. The first-order chi connectivity index (χ1) is 8.54. The number of ether oxygens (including phenoxy) is 1. The average Bonchev–Trinajstić information content (AvgIpc) is 2.80. The monoisotopic (exact) mass is 249 g/mol. The Morgan fingerprint density at radius 2 is 2.17 bits per heavy atom. The summed E-state index contributed by atoms with van der Waals surface area (Å²) in [5.74, 6) is -0.664. The predicted molar refractivity (Wildman–Crippen MR) is 65.8 cm³/mol. The average molecular weight is 249 g/mol. The molecule has 0 aliphatic heterocycles. The van der Waals surface area contributed by atoms with Crippen molar-refractivity contribution in [2.24, 2.45) is 5.92 Å². The van der Waals surface area contributed by atoms with Crippen molar-refractivity contribution in [1.29, 1.82) is 0 Å². The molecule has 96 valence electrons. The molecule has 5 nitrogen and oxygen atoms in total. The van der Waals surface area contributed by atoms with Gasteiger partial charge in [0.1, 0.15) is 5.75 Å². The Hall–Kier alpha value is -2.04. The van der Waals surface area contributed by atoms with Crippen LogP contribution in [0.15, 0.2) is 22.6 Å². The van der Waals surface area contributed by atoms with Gasteiger partial charge in [-0.2, -0.15) is 0 Å². The summed E-state index contributed by atoms with van der Waals surface area (Å²) in [6.07, 6.45) is 0. The molecule has 5 heteroatoms. The molecular weight excluding hydrogens is 234 g/mol. The highest BCUT2D eigenvalue weighted by Gasteiger charge is 2.25. The normalized spacial score (nSPS) is 14.4. The van der Waals surface area contributed by atoms with Crippen LogP contribution in [0.4, 0.5) is 0 Å². The van der Waals surface area contributed by atoms with Gasteiger partial charge in [-0.1, -0.05) is 19.9 Å². The van der Waals surface area contributed by atoms with Crippen LogP contribution in [0.2, 0.25) is 0 Å². The molecule has 0 aliphatic carbocycles. The Bertz CT molecular complexity index is 575. The van der Waals surface area contributed by atoms with Gasteiger partial charge in [0.05, 0.1) is 13.0 Å². The molecule has 1 heterocycles. The topological polar surface area (TPSA) is 72.6 Å². The van der Waals surface area contributed by atoms with E-state index < -0.39 is 11.9 Å². The van der Waals surface area contributed by atoms with Crippen molar-refractivity contribution in [2.75, 3.05) is 7.11 Å². The summed E-state index contributed by atoms with van der Waals surface area (Å²) in [4.78, 5) is 15.3. The number of methoxy groups -OCH3 is 1. The summed E-state index contributed by atoms with van der Waals surface area (Å²) in [6, 6.07) is 5.38. The quantitative estimate of drug-likeness (QED) is 0.901. The maximum absolute atomic E-state index is 11.0. The number of benzene rings is 1. The Balaban J connectivity index is 2.44. The lowest BCUT2D eigenvalue weighted by Gasteiger charge is -2.11. The summed E-state index contributed by atoms with van der Waals surface area (Å²) in [7, 11) is 1.56. The molecule has 1 N–H and O–H groups in total. The maximum Gasteiger partial charge on any atom is 0.307 e. The van der Waals surface area contributed by atoms with E-state index >= 15 is 0 Å². The Morgan fingerprint density at radius 1 is 1.44 bits per heavy atom. The Labute approximate surface area is 104 Å². The Kier molecular flexibility index (Phi) is 3.23. The van der Waals surface area contributed by atoms with Gasteiger partial charge < -0.3 is 14.3 Å². The van der Waals surface area contributed by atoms with Crippen LogP contribution in [-0.4, -0.2) is 23.2 Å². The van der Waals surface area contributed by atoms with Crippen LogP contribution in [-0.2, 0) is 4.79 Å². The van der Waals surface area contributed by atoms with E-state index in [-0.39, 0.29) is 5.92 Å². The van der Waals surface area contributed by atoms with Crippen LogP contribution in [0.3, 0.4) is 0 Å². The molecule has 2 aromatic rings. The van der Waals surface area contributed by atoms with E-state index in [0.717, 1.165) is 0 Å². The summed E-state index contributed by atoms with van der Waals surface area (Å²) in [5.41, 5.74) is 1.23. The highest BCUT2D eigenvalue weighted by atomic mass is 16.5. The third-order valence-corrected chi connectivity index (χ3v) is 3.15. The third-order valence-electron chi connectivity index (χ3n) is 3.15. The summed E-state index contributed by atoms with van der Waals surface area (Å²) >= 11 is 0. The molecule has 18 heavy (non-hydrogen) atoms. The fourth-order valence-electron chi connectivity index (χ4n) is 1.73. The second-order valence-corrected chi connectivity index (χ2v) is 4.27. The van der Waals surface area contributed by atoms with Crippen LogP contribution < -0.4 is 4.74 Å². The standard InChI is InChI=1S/C13H15NO4/c1-7(8(2)13(15)16)12-14-11-9(17-3)5-4-6-10(11)18-12/h4-8H,1-3H3,(H,15,16). The first-order valence-corrected chi connectivity index (χ1v) is 5.70. The minimum Gasteiger partial charge on any atom is -0.494 e. The van der Waals surface area contributed by atoms with E-state index in [1.165, 1.54) is 0 Å². The number of oxazole rings is 1. The zero-order valence-corrected chi connectivity index (χ0v) is 10.5. The molecule has 2 atom stereocenters. The minimum atomic E-state index is -0.864. The molecular formula is C13H15NO4. The number of carboxylic acids is 1. The number of carboxylic acid groups (broad SMARTS) is 1. The third kappa shape index (κ3) is 2.03. The number of carbonyl (C=O) groups is 1. The molecule has 0 saturated heterocycles.